The third kappa shape index (κ3) is 4.63. The van der Waals surface area contributed by atoms with Crippen molar-refractivity contribution in [3.05, 3.63) is 35.4 Å². The number of hydrogen-bond donors (Lipinski definition) is 0. The average Bonchev–Trinajstić information content (AvgIpc) is 2.14. The van der Waals surface area contributed by atoms with Crippen LogP contribution in [0.3, 0.4) is 0 Å². The minimum atomic E-state index is -0.567. The molecule has 0 atom stereocenters. The van der Waals surface area contributed by atoms with Crippen LogP contribution in [0.5, 0.6) is 0 Å². The van der Waals surface area contributed by atoms with Gasteiger partial charge in [0, 0.05) is 17.9 Å². The van der Waals surface area contributed by atoms with Gasteiger partial charge in [0.2, 0.25) is 0 Å². The molecular formula is C14H18F2O. The normalized spacial score (nSPS) is 11.6. The lowest BCUT2D eigenvalue weighted by atomic mass is 9.87. The fourth-order valence-electron chi connectivity index (χ4n) is 1.58. The zero-order valence-corrected chi connectivity index (χ0v) is 10.5. The lowest BCUT2D eigenvalue weighted by Crippen LogP contribution is -2.19. The molecule has 0 aliphatic carbocycles. The number of hydrogen-bond acceptors (Lipinski definition) is 1. The first-order valence-electron chi connectivity index (χ1n) is 5.77. The third-order valence-electron chi connectivity index (χ3n) is 2.63. The van der Waals surface area contributed by atoms with Crippen molar-refractivity contribution in [1.29, 1.82) is 0 Å². The van der Waals surface area contributed by atoms with Gasteiger partial charge in [-0.1, -0.05) is 20.8 Å². The van der Waals surface area contributed by atoms with Crippen molar-refractivity contribution in [1.82, 2.24) is 0 Å². The summed E-state index contributed by atoms with van der Waals surface area (Å²) in [7, 11) is 0. The number of halogens is 2. The molecule has 0 saturated heterocycles. The Morgan fingerprint density at radius 2 is 1.65 bits per heavy atom. The Bertz CT molecular complexity index is 385. The second-order valence-electron chi connectivity index (χ2n) is 5.30. The van der Waals surface area contributed by atoms with Crippen molar-refractivity contribution in [3.63, 3.8) is 0 Å². The number of carbonyl (C=O) groups excluding carboxylic acids is 1. The standard InChI is InChI=1S/C14H18F2O/c1-14(2,3)13(17)6-4-5-10-7-11(15)9-12(16)8-10/h7-9H,4-6H2,1-3H3. The minimum absolute atomic E-state index is 0.175. The second-order valence-corrected chi connectivity index (χ2v) is 5.30. The lowest BCUT2D eigenvalue weighted by molar-refractivity contribution is -0.126. The Kier molecular flexibility index (Phi) is 4.38. The number of ketones is 1. The van der Waals surface area contributed by atoms with E-state index in [1.54, 1.807) is 0 Å². The molecule has 1 rings (SSSR count). The predicted molar refractivity (Wildman–Crippen MR) is 63.8 cm³/mol. The molecule has 0 unspecified atom stereocenters. The summed E-state index contributed by atoms with van der Waals surface area (Å²) in [5.74, 6) is -0.960. The first-order valence-corrected chi connectivity index (χ1v) is 5.77. The highest BCUT2D eigenvalue weighted by atomic mass is 19.1. The molecule has 3 heteroatoms. The molecule has 0 aliphatic heterocycles. The topological polar surface area (TPSA) is 17.1 Å². The van der Waals surface area contributed by atoms with Gasteiger partial charge in [-0.3, -0.25) is 4.79 Å². The summed E-state index contributed by atoms with van der Waals surface area (Å²) < 4.78 is 25.8. The number of carbonyl (C=O) groups is 1. The van der Waals surface area contributed by atoms with Crippen LogP contribution in [0.4, 0.5) is 8.78 Å². The van der Waals surface area contributed by atoms with Crippen molar-refractivity contribution in [3.8, 4) is 0 Å². The molecule has 0 aromatic heterocycles. The van der Waals surface area contributed by atoms with Crippen molar-refractivity contribution in [2.75, 3.05) is 0 Å². The van der Waals surface area contributed by atoms with Gasteiger partial charge in [0.05, 0.1) is 0 Å². The van der Waals surface area contributed by atoms with E-state index in [0.29, 0.717) is 24.8 Å². The smallest absolute Gasteiger partial charge is 0.138 e. The Morgan fingerprint density at radius 1 is 1.12 bits per heavy atom. The van der Waals surface area contributed by atoms with Crippen LogP contribution >= 0.6 is 0 Å². The molecule has 0 heterocycles. The van der Waals surface area contributed by atoms with Gasteiger partial charge in [-0.2, -0.15) is 0 Å². The van der Waals surface area contributed by atoms with E-state index in [2.05, 4.69) is 0 Å². The van der Waals surface area contributed by atoms with Crippen molar-refractivity contribution >= 4 is 5.78 Å². The molecule has 0 bridgehead atoms. The third-order valence-corrected chi connectivity index (χ3v) is 2.63. The van der Waals surface area contributed by atoms with Crippen LogP contribution in [0.2, 0.25) is 0 Å². The molecule has 0 fully saturated rings. The van der Waals surface area contributed by atoms with Crippen LogP contribution in [-0.2, 0) is 11.2 Å². The fraction of sp³-hybridized carbons (Fsp3) is 0.500. The zero-order valence-electron chi connectivity index (χ0n) is 10.5. The lowest BCUT2D eigenvalue weighted by Gasteiger charge is -2.16. The van der Waals surface area contributed by atoms with E-state index in [-0.39, 0.29) is 11.2 Å². The minimum Gasteiger partial charge on any atom is -0.299 e. The van der Waals surface area contributed by atoms with E-state index in [1.165, 1.54) is 12.1 Å². The van der Waals surface area contributed by atoms with Crippen molar-refractivity contribution in [2.45, 2.75) is 40.0 Å². The van der Waals surface area contributed by atoms with E-state index < -0.39 is 11.6 Å². The fourth-order valence-corrected chi connectivity index (χ4v) is 1.58. The highest BCUT2D eigenvalue weighted by molar-refractivity contribution is 5.83. The maximum atomic E-state index is 12.9. The largest absolute Gasteiger partial charge is 0.299 e. The van der Waals surface area contributed by atoms with Crippen LogP contribution < -0.4 is 0 Å². The quantitative estimate of drug-likeness (QED) is 0.780. The summed E-state index contributed by atoms with van der Waals surface area (Å²) in [4.78, 5) is 11.6. The summed E-state index contributed by atoms with van der Waals surface area (Å²) in [6, 6.07) is 3.47. The van der Waals surface area contributed by atoms with Gasteiger partial charge in [-0.25, -0.2) is 8.78 Å². The van der Waals surface area contributed by atoms with E-state index in [0.717, 1.165) is 6.07 Å². The number of aryl methyl sites for hydroxylation is 1. The Balaban J connectivity index is 2.49. The van der Waals surface area contributed by atoms with Crippen LogP contribution in [0, 0.1) is 17.0 Å². The summed E-state index contributed by atoms with van der Waals surface area (Å²) in [6.07, 6.45) is 1.59. The maximum absolute atomic E-state index is 12.9. The molecule has 1 nitrogen and oxygen atoms in total. The first-order chi connectivity index (χ1) is 7.79. The molecule has 0 aliphatic rings. The molecule has 0 amide bonds. The van der Waals surface area contributed by atoms with Crippen LogP contribution in [0.25, 0.3) is 0 Å². The van der Waals surface area contributed by atoms with Gasteiger partial charge in [0.25, 0.3) is 0 Å². The molecule has 0 radical (unpaired) electrons. The number of rotatable bonds is 4. The van der Waals surface area contributed by atoms with Gasteiger partial charge >= 0.3 is 0 Å². The molecule has 0 spiro atoms. The van der Waals surface area contributed by atoms with Crippen LogP contribution in [0.15, 0.2) is 18.2 Å². The van der Waals surface area contributed by atoms with Gasteiger partial charge in [-0.15, -0.1) is 0 Å². The predicted octanol–water partition coefficient (Wildman–Crippen LogP) is 3.90. The Morgan fingerprint density at radius 3 is 2.12 bits per heavy atom. The van der Waals surface area contributed by atoms with Crippen molar-refractivity contribution < 1.29 is 13.6 Å². The highest BCUT2D eigenvalue weighted by Crippen LogP contribution is 2.19. The second kappa shape index (κ2) is 5.39. The van der Waals surface area contributed by atoms with Crippen LogP contribution in [0.1, 0.15) is 39.2 Å². The SMILES string of the molecule is CC(C)(C)C(=O)CCCc1cc(F)cc(F)c1. The summed E-state index contributed by atoms with van der Waals surface area (Å²) >= 11 is 0. The van der Waals surface area contributed by atoms with Gasteiger partial charge in [0.1, 0.15) is 17.4 Å². The zero-order chi connectivity index (χ0) is 13.1. The molecule has 1 aromatic carbocycles. The average molecular weight is 240 g/mol. The van der Waals surface area contributed by atoms with Gasteiger partial charge in [-0.05, 0) is 30.5 Å². The Labute approximate surface area is 101 Å². The number of Topliss-reactive ketones (excluding diaryl/α,β-unsaturated/α-hetero) is 1. The first kappa shape index (κ1) is 13.8. The molecule has 0 saturated carbocycles. The molecule has 17 heavy (non-hydrogen) atoms. The molecule has 1 aromatic rings. The molecular weight excluding hydrogens is 222 g/mol. The molecule has 94 valence electrons. The van der Waals surface area contributed by atoms with E-state index in [1.807, 2.05) is 20.8 Å². The maximum Gasteiger partial charge on any atom is 0.138 e. The monoisotopic (exact) mass is 240 g/mol. The van der Waals surface area contributed by atoms with E-state index in [9.17, 15) is 13.6 Å². The Hall–Kier alpha value is -1.25. The summed E-state index contributed by atoms with van der Waals surface area (Å²) in [5, 5.41) is 0. The molecule has 0 N–H and O–H groups in total. The van der Waals surface area contributed by atoms with Crippen molar-refractivity contribution in [2.24, 2.45) is 5.41 Å². The van der Waals surface area contributed by atoms with E-state index >= 15 is 0 Å². The van der Waals surface area contributed by atoms with E-state index in [4.69, 9.17) is 0 Å². The van der Waals surface area contributed by atoms with Gasteiger partial charge < -0.3 is 0 Å². The summed E-state index contributed by atoms with van der Waals surface area (Å²) in [5.41, 5.74) is 0.261. The highest BCUT2D eigenvalue weighted by Gasteiger charge is 2.20. The van der Waals surface area contributed by atoms with Gasteiger partial charge in [0.15, 0.2) is 0 Å². The van der Waals surface area contributed by atoms with Crippen LogP contribution in [-0.4, -0.2) is 5.78 Å². The summed E-state index contributed by atoms with van der Waals surface area (Å²) in [6.45, 7) is 5.62. The number of benzene rings is 1.